The number of para-hydroxylation sites is 1. The van der Waals surface area contributed by atoms with Gasteiger partial charge in [0.15, 0.2) is 6.17 Å². The highest BCUT2D eigenvalue weighted by Crippen LogP contribution is 2.28. The number of nitrogens with two attached hydrogens (primary N) is 1. The Morgan fingerprint density at radius 1 is 1.09 bits per heavy atom. The van der Waals surface area contributed by atoms with Crippen LogP contribution in [0.3, 0.4) is 0 Å². The molecule has 4 heteroatoms. The summed E-state index contributed by atoms with van der Waals surface area (Å²) < 4.78 is 0. The van der Waals surface area contributed by atoms with Crippen LogP contribution < -0.4 is 10.6 Å². The summed E-state index contributed by atoms with van der Waals surface area (Å²) in [6.07, 6.45) is -0.878. The summed E-state index contributed by atoms with van der Waals surface area (Å²) in [5.41, 5.74) is 9.63. The second-order valence-electron chi connectivity index (χ2n) is 6.15. The minimum Gasteiger partial charge on any atom is -0.308 e. The molecular weight excluding hydrogens is 286 g/mol. The van der Waals surface area contributed by atoms with Crippen molar-refractivity contribution in [2.45, 2.75) is 20.0 Å². The molecule has 118 valence electrons. The molecule has 0 saturated heterocycles. The predicted molar refractivity (Wildman–Crippen MR) is 93.7 cm³/mol. The van der Waals surface area contributed by atoms with Gasteiger partial charge in [-0.1, -0.05) is 62.4 Å². The van der Waals surface area contributed by atoms with Gasteiger partial charge >= 0.3 is 0 Å². The maximum atomic E-state index is 12.7. The molecule has 0 spiro atoms. The average Bonchev–Trinajstić information content (AvgIpc) is 2.66. The quantitative estimate of drug-likeness (QED) is 0.948. The molecule has 1 aliphatic heterocycles. The molecule has 2 aromatic carbocycles. The number of amides is 1. The van der Waals surface area contributed by atoms with Crippen LogP contribution in [0.1, 0.15) is 25.0 Å². The van der Waals surface area contributed by atoms with Gasteiger partial charge in [0.1, 0.15) is 0 Å². The number of hydrogen-bond donors (Lipinski definition) is 1. The topological polar surface area (TPSA) is 58.7 Å². The van der Waals surface area contributed by atoms with Crippen LogP contribution >= 0.6 is 0 Å². The Kier molecular flexibility index (Phi) is 4.26. The summed E-state index contributed by atoms with van der Waals surface area (Å²) in [5.74, 6) is 0.189. The van der Waals surface area contributed by atoms with Crippen molar-refractivity contribution in [3.8, 4) is 0 Å². The van der Waals surface area contributed by atoms with Crippen molar-refractivity contribution < 1.29 is 4.79 Å². The van der Waals surface area contributed by atoms with E-state index in [2.05, 4.69) is 18.8 Å². The normalized spacial score (nSPS) is 17.7. The lowest BCUT2D eigenvalue weighted by Gasteiger charge is -2.26. The Labute approximate surface area is 136 Å². The maximum absolute atomic E-state index is 12.7. The molecule has 1 aliphatic rings. The summed E-state index contributed by atoms with van der Waals surface area (Å²) in [4.78, 5) is 19.0. The van der Waals surface area contributed by atoms with Crippen molar-refractivity contribution in [2.24, 2.45) is 16.6 Å². The van der Waals surface area contributed by atoms with Gasteiger partial charge in [0.05, 0.1) is 11.4 Å². The number of carbonyl (C=O) groups is 1. The second-order valence-corrected chi connectivity index (χ2v) is 6.15. The fourth-order valence-corrected chi connectivity index (χ4v) is 2.83. The molecule has 1 amide bonds. The van der Waals surface area contributed by atoms with Gasteiger partial charge in [-0.15, -0.1) is 0 Å². The van der Waals surface area contributed by atoms with Gasteiger partial charge in [-0.25, -0.2) is 0 Å². The molecule has 1 atom stereocenters. The van der Waals surface area contributed by atoms with E-state index in [9.17, 15) is 4.79 Å². The van der Waals surface area contributed by atoms with Crippen molar-refractivity contribution in [3.63, 3.8) is 0 Å². The van der Waals surface area contributed by atoms with E-state index in [1.54, 1.807) is 4.90 Å². The van der Waals surface area contributed by atoms with Crippen LogP contribution in [0, 0.1) is 5.92 Å². The van der Waals surface area contributed by atoms with Crippen molar-refractivity contribution in [3.05, 3.63) is 65.7 Å². The number of anilines is 1. The van der Waals surface area contributed by atoms with Gasteiger partial charge in [-0.3, -0.25) is 9.79 Å². The third-order valence-electron chi connectivity index (χ3n) is 3.83. The molecular formula is C19H21N3O. The van der Waals surface area contributed by atoms with Crippen LogP contribution in [0.2, 0.25) is 0 Å². The Morgan fingerprint density at radius 3 is 2.43 bits per heavy atom. The fourth-order valence-electron chi connectivity index (χ4n) is 2.83. The minimum atomic E-state index is -0.878. The zero-order valence-electron chi connectivity index (χ0n) is 13.4. The molecule has 23 heavy (non-hydrogen) atoms. The molecule has 1 unspecified atom stereocenters. The van der Waals surface area contributed by atoms with Crippen LogP contribution in [-0.2, 0) is 4.79 Å². The minimum absolute atomic E-state index is 0.155. The number of nitrogens with zero attached hydrogens (tertiary/aromatic N) is 2. The maximum Gasteiger partial charge on any atom is 0.266 e. The van der Waals surface area contributed by atoms with E-state index in [-0.39, 0.29) is 5.91 Å². The van der Waals surface area contributed by atoms with E-state index in [1.807, 2.05) is 54.6 Å². The van der Waals surface area contributed by atoms with Crippen LogP contribution in [-0.4, -0.2) is 24.3 Å². The Hall–Kier alpha value is -2.46. The average molecular weight is 307 g/mol. The Bertz CT molecular complexity index is 737. The molecule has 2 aromatic rings. The summed E-state index contributed by atoms with van der Waals surface area (Å²) in [5, 5.41) is 0. The van der Waals surface area contributed by atoms with E-state index < -0.39 is 6.17 Å². The lowest BCUT2D eigenvalue weighted by Crippen LogP contribution is -2.43. The lowest BCUT2D eigenvalue weighted by molar-refractivity contribution is -0.119. The molecule has 0 bridgehead atoms. The summed E-state index contributed by atoms with van der Waals surface area (Å²) in [6, 6.07) is 17.7. The SMILES string of the molecule is CC(C)CN1C(=O)C(N)N=C(c2ccccc2)c2ccccc21. The molecule has 0 aliphatic carbocycles. The third kappa shape index (κ3) is 3.03. The summed E-state index contributed by atoms with van der Waals surface area (Å²) >= 11 is 0. The van der Waals surface area contributed by atoms with E-state index in [1.165, 1.54) is 0 Å². The number of hydrogen-bond acceptors (Lipinski definition) is 3. The zero-order chi connectivity index (χ0) is 16.4. The van der Waals surface area contributed by atoms with Crippen molar-refractivity contribution in [1.29, 1.82) is 0 Å². The Balaban J connectivity index is 2.18. The van der Waals surface area contributed by atoms with Crippen molar-refractivity contribution in [2.75, 3.05) is 11.4 Å². The van der Waals surface area contributed by atoms with Crippen LogP contribution in [0.15, 0.2) is 59.6 Å². The highest BCUT2D eigenvalue weighted by molar-refractivity contribution is 6.20. The highest BCUT2D eigenvalue weighted by atomic mass is 16.2. The van der Waals surface area contributed by atoms with E-state index in [4.69, 9.17) is 5.73 Å². The Morgan fingerprint density at radius 2 is 1.74 bits per heavy atom. The van der Waals surface area contributed by atoms with Crippen molar-refractivity contribution in [1.82, 2.24) is 0 Å². The smallest absolute Gasteiger partial charge is 0.266 e. The first-order valence-electron chi connectivity index (χ1n) is 7.87. The van der Waals surface area contributed by atoms with Gasteiger partial charge in [-0.2, -0.15) is 0 Å². The molecule has 0 radical (unpaired) electrons. The van der Waals surface area contributed by atoms with E-state index in [0.29, 0.717) is 12.5 Å². The number of aliphatic imine (C=N–C) groups is 1. The third-order valence-corrected chi connectivity index (χ3v) is 3.83. The zero-order valence-corrected chi connectivity index (χ0v) is 13.4. The molecule has 0 fully saturated rings. The van der Waals surface area contributed by atoms with Gasteiger partial charge in [-0.05, 0) is 12.0 Å². The first-order chi connectivity index (χ1) is 11.1. The number of benzene rings is 2. The number of rotatable bonds is 3. The monoisotopic (exact) mass is 307 g/mol. The molecule has 0 aromatic heterocycles. The fraction of sp³-hybridized carbons (Fsp3) is 0.263. The van der Waals surface area contributed by atoms with E-state index >= 15 is 0 Å². The highest BCUT2D eigenvalue weighted by Gasteiger charge is 2.29. The molecule has 3 rings (SSSR count). The lowest BCUT2D eigenvalue weighted by atomic mass is 10.00. The van der Waals surface area contributed by atoms with Crippen LogP contribution in [0.4, 0.5) is 5.69 Å². The van der Waals surface area contributed by atoms with Gasteiger partial charge in [0.2, 0.25) is 0 Å². The van der Waals surface area contributed by atoms with Gasteiger partial charge < -0.3 is 10.6 Å². The van der Waals surface area contributed by atoms with Gasteiger partial charge in [0.25, 0.3) is 5.91 Å². The van der Waals surface area contributed by atoms with Gasteiger partial charge in [0, 0.05) is 17.7 Å². The van der Waals surface area contributed by atoms with E-state index in [0.717, 1.165) is 22.5 Å². The van der Waals surface area contributed by atoms with Crippen LogP contribution in [0.5, 0.6) is 0 Å². The first-order valence-corrected chi connectivity index (χ1v) is 7.87. The predicted octanol–water partition coefficient (Wildman–Crippen LogP) is 2.81. The molecule has 4 nitrogen and oxygen atoms in total. The summed E-state index contributed by atoms with van der Waals surface area (Å²) in [7, 11) is 0. The molecule has 2 N–H and O–H groups in total. The number of carbonyl (C=O) groups excluding carboxylic acids is 1. The molecule has 0 saturated carbocycles. The molecule has 1 heterocycles. The standard InChI is InChI=1S/C19H21N3O/c1-13(2)12-22-16-11-7-6-10-15(16)17(21-18(20)19(22)23)14-8-4-3-5-9-14/h3-11,13,18H,12,20H2,1-2H3. The second kappa shape index (κ2) is 6.34. The number of fused-ring (bicyclic) bond motifs is 1. The number of benzodiazepines with no additional fused rings is 1. The summed E-state index contributed by atoms with van der Waals surface area (Å²) in [6.45, 7) is 4.80. The largest absolute Gasteiger partial charge is 0.308 e. The first kappa shape index (κ1) is 15.4. The van der Waals surface area contributed by atoms with Crippen molar-refractivity contribution >= 4 is 17.3 Å². The van der Waals surface area contributed by atoms with Crippen LogP contribution in [0.25, 0.3) is 0 Å².